The number of hydrogen-bond acceptors (Lipinski definition) is 3. The molecule has 2 atom stereocenters. The molecular weight excluding hydrogens is 238 g/mol. The largest absolute Gasteiger partial charge is 0.376 e. The minimum absolute atomic E-state index is 0.0341. The van der Waals surface area contributed by atoms with Gasteiger partial charge >= 0.3 is 0 Å². The van der Waals surface area contributed by atoms with Crippen LogP contribution in [0.1, 0.15) is 26.2 Å². The second-order valence-electron chi connectivity index (χ2n) is 5.78. The van der Waals surface area contributed by atoms with Crippen molar-refractivity contribution in [3.05, 3.63) is 24.3 Å². The van der Waals surface area contributed by atoms with Crippen molar-refractivity contribution < 1.29 is 4.79 Å². The van der Waals surface area contributed by atoms with Crippen LogP contribution < -0.4 is 16.0 Å². The summed E-state index contributed by atoms with van der Waals surface area (Å²) in [5.74, 6) is 0.0341. The Morgan fingerprint density at radius 1 is 1.42 bits per heavy atom. The molecule has 1 amide bonds. The van der Waals surface area contributed by atoms with Crippen molar-refractivity contribution in [3.8, 4) is 0 Å². The molecule has 1 saturated carbocycles. The number of amides is 1. The van der Waals surface area contributed by atoms with Gasteiger partial charge in [0.05, 0.1) is 16.8 Å². The standard InChI is InChI=1S/C15H23N3O/c1-15(10-6-9-13(15)16)14(19)17-11-7-4-5-8-12(11)18(2)3/h4-5,7-8,13H,6,9-10,16H2,1-3H3,(H,17,19). The van der Waals surface area contributed by atoms with Crippen LogP contribution in [-0.2, 0) is 4.79 Å². The zero-order valence-electron chi connectivity index (χ0n) is 11.9. The molecule has 1 aromatic carbocycles. The third-order valence-corrected chi connectivity index (χ3v) is 4.18. The first-order valence-corrected chi connectivity index (χ1v) is 6.78. The van der Waals surface area contributed by atoms with E-state index in [-0.39, 0.29) is 11.9 Å². The molecule has 2 rings (SSSR count). The number of nitrogens with two attached hydrogens (primary N) is 1. The van der Waals surface area contributed by atoms with Gasteiger partial charge in [0.2, 0.25) is 5.91 Å². The lowest BCUT2D eigenvalue weighted by atomic mass is 9.84. The molecule has 0 spiro atoms. The molecule has 0 saturated heterocycles. The quantitative estimate of drug-likeness (QED) is 0.877. The molecule has 0 aromatic heterocycles. The van der Waals surface area contributed by atoms with Crippen molar-refractivity contribution in [2.45, 2.75) is 32.2 Å². The zero-order valence-corrected chi connectivity index (χ0v) is 11.9. The first-order chi connectivity index (χ1) is 8.95. The van der Waals surface area contributed by atoms with Crippen LogP contribution in [-0.4, -0.2) is 26.0 Å². The van der Waals surface area contributed by atoms with E-state index in [1.807, 2.05) is 50.2 Å². The molecule has 1 aromatic rings. The number of carbonyl (C=O) groups excluding carboxylic acids is 1. The van der Waals surface area contributed by atoms with Crippen molar-refractivity contribution in [2.75, 3.05) is 24.3 Å². The minimum atomic E-state index is -0.445. The average molecular weight is 261 g/mol. The van der Waals surface area contributed by atoms with Crippen LogP contribution in [0.5, 0.6) is 0 Å². The van der Waals surface area contributed by atoms with E-state index in [0.717, 1.165) is 30.6 Å². The fraction of sp³-hybridized carbons (Fsp3) is 0.533. The highest BCUT2D eigenvalue weighted by Gasteiger charge is 2.43. The number of hydrogen-bond donors (Lipinski definition) is 2. The smallest absolute Gasteiger partial charge is 0.231 e. The summed E-state index contributed by atoms with van der Waals surface area (Å²) < 4.78 is 0. The van der Waals surface area contributed by atoms with E-state index < -0.39 is 5.41 Å². The third-order valence-electron chi connectivity index (χ3n) is 4.18. The first-order valence-electron chi connectivity index (χ1n) is 6.78. The van der Waals surface area contributed by atoms with Crippen LogP contribution >= 0.6 is 0 Å². The predicted octanol–water partition coefficient (Wildman–Crippen LogP) is 2.21. The highest BCUT2D eigenvalue weighted by molar-refractivity contribution is 5.98. The highest BCUT2D eigenvalue weighted by atomic mass is 16.2. The number of anilines is 2. The van der Waals surface area contributed by atoms with E-state index >= 15 is 0 Å². The molecule has 0 bridgehead atoms. The van der Waals surface area contributed by atoms with Gasteiger partial charge in [-0.2, -0.15) is 0 Å². The van der Waals surface area contributed by atoms with E-state index in [1.165, 1.54) is 0 Å². The van der Waals surface area contributed by atoms with Gasteiger partial charge in [0.1, 0.15) is 0 Å². The molecule has 4 nitrogen and oxygen atoms in total. The number of benzene rings is 1. The van der Waals surface area contributed by atoms with Crippen LogP contribution in [0, 0.1) is 5.41 Å². The van der Waals surface area contributed by atoms with E-state index in [4.69, 9.17) is 5.73 Å². The Kier molecular flexibility index (Phi) is 3.80. The van der Waals surface area contributed by atoms with E-state index in [1.54, 1.807) is 0 Å². The van der Waals surface area contributed by atoms with Crippen LogP contribution in [0.3, 0.4) is 0 Å². The molecule has 3 N–H and O–H groups in total. The fourth-order valence-corrected chi connectivity index (χ4v) is 2.71. The lowest BCUT2D eigenvalue weighted by molar-refractivity contribution is -0.125. The SMILES string of the molecule is CN(C)c1ccccc1NC(=O)C1(C)CCCC1N. The summed E-state index contributed by atoms with van der Waals surface area (Å²) in [6, 6.07) is 7.77. The summed E-state index contributed by atoms with van der Waals surface area (Å²) in [4.78, 5) is 14.5. The second-order valence-corrected chi connectivity index (χ2v) is 5.78. The second kappa shape index (κ2) is 5.21. The Hall–Kier alpha value is -1.55. The molecule has 1 fully saturated rings. The number of para-hydroxylation sites is 2. The van der Waals surface area contributed by atoms with Crippen LogP contribution in [0.15, 0.2) is 24.3 Å². The molecule has 2 unspecified atom stereocenters. The summed E-state index contributed by atoms with van der Waals surface area (Å²) >= 11 is 0. The molecule has 104 valence electrons. The van der Waals surface area contributed by atoms with E-state index in [0.29, 0.717) is 0 Å². The Balaban J connectivity index is 2.20. The van der Waals surface area contributed by atoms with Gasteiger partial charge in [-0.25, -0.2) is 0 Å². The minimum Gasteiger partial charge on any atom is -0.376 e. The van der Waals surface area contributed by atoms with Crippen molar-refractivity contribution in [1.82, 2.24) is 0 Å². The van der Waals surface area contributed by atoms with Crippen LogP contribution in [0.4, 0.5) is 11.4 Å². The monoisotopic (exact) mass is 261 g/mol. The number of nitrogens with one attached hydrogen (secondary N) is 1. The first kappa shape index (κ1) is 13.9. The van der Waals surface area contributed by atoms with Gasteiger partial charge in [-0.1, -0.05) is 18.6 Å². The molecule has 0 radical (unpaired) electrons. The maximum Gasteiger partial charge on any atom is 0.231 e. The molecular formula is C15H23N3O. The Labute approximate surface area is 115 Å². The number of nitrogens with zero attached hydrogens (tertiary/aromatic N) is 1. The zero-order chi connectivity index (χ0) is 14.0. The van der Waals surface area contributed by atoms with Crippen LogP contribution in [0.25, 0.3) is 0 Å². The van der Waals surface area contributed by atoms with Crippen molar-refractivity contribution in [3.63, 3.8) is 0 Å². The molecule has 19 heavy (non-hydrogen) atoms. The normalized spacial score (nSPS) is 26.2. The van der Waals surface area contributed by atoms with Crippen molar-refractivity contribution in [2.24, 2.45) is 11.1 Å². The maximum absolute atomic E-state index is 12.5. The molecule has 1 aliphatic carbocycles. The van der Waals surface area contributed by atoms with Crippen molar-refractivity contribution in [1.29, 1.82) is 0 Å². The molecule has 0 aliphatic heterocycles. The summed E-state index contributed by atoms with van der Waals surface area (Å²) in [5, 5.41) is 3.04. The molecule has 0 heterocycles. The summed E-state index contributed by atoms with van der Waals surface area (Å²) in [5.41, 5.74) is 7.50. The lowest BCUT2D eigenvalue weighted by Crippen LogP contribution is -2.44. The van der Waals surface area contributed by atoms with Gasteiger partial charge in [0.15, 0.2) is 0 Å². The highest BCUT2D eigenvalue weighted by Crippen LogP contribution is 2.38. The summed E-state index contributed by atoms with van der Waals surface area (Å²) in [6.45, 7) is 1.97. The summed E-state index contributed by atoms with van der Waals surface area (Å²) in [6.07, 6.45) is 2.82. The van der Waals surface area contributed by atoms with Gasteiger partial charge in [0.25, 0.3) is 0 Å². The van der Waals surface area contributed by atoms with Gasteiger partial charge in [0, 0.05) is 20.1 Å². The van der Waals surface area contributed by atoms with E-state index in [2.05, 4.69) is 5.32 Å². The molecule has 1 aliphatic rings. The van der Waals surface area contributed by atoms with Gasteiger partial charge in [-0.15, -0.1) is 0 Å². The van der Waals surface area contributed by atoms with Gasteiger partial charge in [-0.3, -0.25) is 4.79 Å². The Morgan fingerprint density at radius 3 is 2.68 bits per heavy atom. The maximum atomic E-state index is 12.5. The number of carbonyl (C=O) groups is 1. The lowest BCUT2D eigenvalue weighted by Gasteiger charge is -2.28. The van der Waals surface area contributed by atoms with Crippen molar-refractivity contribution >= 4 is 17.3 Å². The third kappa shape index (κ3) is 2.59. The van der Waals surface area contributed by atoms with Gasteiger partial charge < -0.3 is 16.0 Å². The molecule has 4 heteroatoms. The topological polar surface area (TPSA) is 58.4 Å². The Morgan fingerprint density at radius 2 is 2.11 bits per heavy atom. The summed E-state index contributed by atoms with van der Waals surface area (Å²) in [7, 11) is 3.93. The van der Waals surface area contributed by atoms with Gasteiger partial charge in [-0.05, 0) is 31.9 Å². The van der Waals surface area contributed by atoms with E-state index in [9.17, 15) is 4.79 Å². The fourth-order valence-electron chi connectivity index (χ4n) is 2.71. The predicted molar refractivity (Wildman–Crippen MR) is 79.3 cm³/mol. The number of rotatable bonds is 3. The van der Waals surface area contributed by atoms with Crippen LogP contribution in [0.2, 0.25) is 0 Å². The Bertz CT molecular complexity index is 472. The average Bonchev–Trinajstić information content (AvgIpc) is 2.71.